The highest BCUT2D eigenvalue weighted by atomic mass is 79.9. The van der Waals surface area contributed by atoms with Crippen LogP contribution in [0.15, 0.2) is 35.9 Å². The van der Waals surface area contributed by atoms with Crippen LogP contribution in [0, 0.1) is 17.6 Å². The summed E-state index contributed by atoms with van der Waals surface area (Å²) in [7, 11) is 1.28. The quantitative estimate of drug-likeness (QED) is 0.512. The lowest BCUT2D eigenvalue weighted by atomic mass is 9.94. The molecular formula is C19H19BrF2O3. The van der Waals surface area contributed by atoms with Gasteiger partial charge in [0.05, 0.1) is 12.7 Å². The molecule has 0 bridgehead atoms. The Hall–Kier alpha value is -1.82. The number of alkyl halides is 1. The van der Waals surface area contributed by atoms with E-state index in [1.54, 1.807) is 18.2 Å². The molecule has 1 atom stereocenters. The first kappa shape index (κ1) is 19.5. The molecule has 6 heteroatoms. The van der Waals surface area contributed by atoms with E-state index in [4.69, 9.17) is 0 Å². The Morgan fingerprint density at radius 2 is 1.92 bits per heavy atom. The van der Waals surface area contributed by atoms with Crippen LogP contribution in [0.25, 0.3) is 0 Å². The Balaban J connectivity index is 2.02. The molecule has 134 valence electrons. The largest absolute Gasteiger partial charge is 0.465 e. The van der Waals surface area contributed by atoms with Crippen LogP contribution in [-0.4, -0.2) is 18.9 Å². The summed E-state index contributed by atoms with van der Waals surface area (Å²) in [5.74, 6) is -2.34. The number of carbonyl (C=O) groups is 2. The summed E-state index contributed by atoms with van der Waals surface area (Å²) in [6.07, 6.45) is 6.38. The minimum atomic E-state index is -0.823. The predicted molar refractivity (Wildman–Crippen MR) is 94.3 cm³/mol. The van der Waals surface area contributed by atoms with Gasteiger partial charge in [0, 0.05) is 17.3 Å². The van der Waals surface area contributed by atoms with Crippen LogP contribution in [0.5, 0.6) is 0 Å². The Morgan fingerprint density at radius 3 is 2.60 bits per heavy atom. The lowest BCUT2D eigenvalue weighted by Crippen LogP contribution is -2.07. The van der Waals surface area contributed by atoms with Gasteiger partial charge in [0.2, 0.25) is 0 Å². The molecule has 0 saturated heterocycles. The van der Waals surface area contributed by atoms with Crippen molar-refractivity contribution < 1.29 is 23.1 Å². The van der Waals surface area contributed by atoms with E-state index in [2.05, 4.69) is 20.7 Å². The topological polar surface area (TPSA) is 43.4 Å². The van der Waals surface area contributed by atoms with Gasteiger partial charge in [0.1, 0.15) is 0 Å². The first-order chi connectivity index (χ1) is 12.0. The molecule has 1 aromatic carbocycles. The summed E-state index contributed by atoms with van der Waals surface area (Å²) in [5.41, 5.74) is 0.946. The highest BCUT2D eigenvalue weighted by Gasteiger charge is 2.18. The molecule has 3 nitrogen and oxygen atoms in total. The summed E-state index contributed by atoms with van der Waals surface area (Å²) in [4.78, 5) is 23.4. The van der Waals surface area contributed by atoms with Crippen molar-refractivity contribution >= 4 is 27.7 Å². The third-order valence-electron chi connectivity index (χ3n) is 4.16. The van der Waals surface area contributed by atoms with Crippen LogP contribution < -0.4 is 0 Å². The van der Waals surface area contributed by atoms with Crippen molar-refractivity contribution in [1.29, 1.82) is 0 Å². The summed E-state index contributed by atoms with van der Waals surface area (Å²) in [6, 6.07) is 3.15. The zero-order valence-electron chi connectivity index (χ0n) is 13.9. The average Bonchev–Trinajstić information content (AvgIpc) is 2.79. The summed E-state index contributed by atoms with van der Waals surface area (Å²) >= 11 is 3.12. The fourth-order valence-corrected chi connectivity index (χ4v) is 3.23. The fourth-order valence-electron chi connectivity index (χ4n) is 2.80. The summed E-state index contributed by atoms with van der Waals surface area (Å²) in [6.45, 7) is 0. The minimum Gasteiger partial charge on any atom is -0.465 e. The van der Waals surface area contributed by atoms with Crippen molar-refractivity contribution in [2.45, 2.75) is 31.0 Å². The van der Waals surface area contributed by atoms with Crippen molar-refractivity contribution in [1.82, 2.24) is 0 Å². The maximum atomic E-state index is 14.0. The van der Waals surface area contributed by atoms with Gasteiger partial charge >= 0.3 is 5.97 Å². The molecule has 1 aliphatic carbocycles. The smallest absolute Gasteiger partial charge is 0.337 e. The van der Waals surface area contributed by atoms with Gasteiger partial charge in [-0.25, -0.2) is 13.6 Å². The zero-order chi connectivity index (χ0) is 18.4. The number of esters is 1. The SMILES string of the molecule is COC(=O)C1=CC(CCCc2ccc(CBr)c(F)c2F)CC(=O)C=C1. The molecule has 1 aromatic rings. The van der Waals surface area contributed by atoms with Crippen LogP contribution in [0.1, 0.15) is 30.4 Å². The highest BCUT2D eigenvalue weighted by molar-refractivity contribution is 9.08. The number of hydrogen-bond donors (Lipinski definition) is 0. The summed E-state index contributed by atoms with van der Waals surface area (Å²) < 4.78 is 32.5. The Bertz CT molecular complexity index is 726. The number of allylic oxidation sites excluding steroid dienone is 2. The van der Waals surface area contributed by atoms with Crippen LogP contribution in [-0.2, 0) is 26.1 Å². The first-order valence-corrected chi connectivity index (χ1v) is 9.11. The van der Waals surface area contributed by atoms with Gasteiger partial charge in [0.15, 0.2) is 17.4 Å². The maximum absolute atomic E-state index is 14.0. The van der Waals surface area contributed by atoms with Crippen molar-refractivity contribution in [2.75, 3.05) is 7.11 Å². The van der Waals surface area contributed by atoms with Crippen molar-refractivity contribution in [3.63, 3.8) is 0 Å². The van der Waals surface area contributed by atoms with Crippen molar-refractivity contribution in [3.05, 3.63) is 58.7 Å². The number of ether oxygens (including phenoxy) is 1. The van der Waals surface area contributed by atoms with Crippen LogP contribution in [0.3, 0.4) is 0 Å². The molecule has 0 aromatic heterocycles. The number of halogens is 3. The van der Waals surface area contributed by atoms with Crippen LogP contribution in [0.2, 0.25) is 0 Å². The van der Waals surface area contributed by atoms with Crippen LogP contribution in [0.4, 0.5) is 8.78 Å². The van der Waals surface area contributed by atoms with Gasteiger partial charge in [-0.05, 0) is 42.9 Å². The first-order valence-electron chi connectivity index (χ1n) is 7.99. The number of rotatable bonds is 6. The normalized spacial score (nSPS) is 17.2. The number of methoxy groups -OCH3 is 1. The van der Waals surface area contributed by atoms with Crippen LogP contribution >= 0.6 is 15.9 Å². The fraction of sp³-hybridized carbons (Fsp3) is 0.368. The predicted octanol–water partition coefficient (Wildman–Crippen LogP) is 4.43. The van der Waals surface area contributed by atoms with Crippen molar-refractivity contribution in [2.24, 2.45) is 5.92 Å². The lowest BCUT2D eigenvalue weighted by molar-refractivity contribution is -0.135. The second-order valence-electron chi connectivity index (χ2n) is 5.92. The number of hydrogen-bond acceptors (Lipinski definition) is 3. The summed E-state index contributed by atoms with van der Waals surface area (Å²) in [5, 5.41) is 0.258. The van der Waals surface area contributed by atoms with Gasteiger partial charge in [0.25, 0.3) is 0 Å². The maximum Gasteiger partial charge on any atom is 0.337 e. The van der Waals surface area contributed by atoms with E-state index in [0.717, 1.165) is 0 Å². The van der Waals surface area contributed by atoms with Crippen molar-refractivity contribution in [3.8, 4) is 0 Å². The zero-order valence-corrected chi connectivity index (χ0v) is 15.4. The standard InChI is InChI=1S/C19H19BrF2O3/c1-25-19(24)14-7-8-16(23)10-12(9-14)3-2-4-13-5-6-15(11-20)18(22)17(13)21/h5-9,12H,2-4,10-11H2,1H3. The van der Waals surface area contributed by atoms with E-state index in [9.17, 15) is 18.4 Å². The van der Waals surface area contributed by atoms with Gasteiger partial charge in [-0.1, -0.05) is 34.1 Å². The average molecular weight is 413 g/mol. The molecular weight excluding hydrogens is 394 g/mol. The molecule has 2 rings (SSSR count). The lowest BCUT2D eigenvalue weighted by Gasteiger charge is -2.12. The van der Waals surface area contributed by atoms with Gasteiger partial charge in [-0.15, -0.1) is 0 Å². The monoisotopic (exact) mass is 412 g/mol. The molecule has 0 N–H and O–H groups in total. The molecule has 0 fully saturated rings. The third-order valence-corrected chi connectivity index (χ3v) is 4.76. The molecule has 0 heterocycles. The highest BCUT2D eigenvalue weighted by Crippen LogP contribution is 2.24. The number of carbonyl (C=O) groups excluding carboxylic acids is 2. The minimum absolute atomic E-state index is 0.0703. The Labute approximate surface area is 153 Å². The Kier molecular flexibility index (Phi) is 7.05. The van der Waals surface area contributed by atoms with E-state index in [1.165, 1.54) is 19.3 Å². The molecule has 0 saturated carbocycles. The molecule has 0 aliphatic heterocycles. The second-order valence-corrected chi connectivity index (χ2v) is 6.48. The number of ketones is 1. The van der Waals surface area contributed by atoms with E-state index in [-0.39, 0.29) is 29.0 Å². The second kappa shape index (κ2) is 9.04. The van der Waals surface area contributed by atoms with E-state index >= 15 is 0 Å². The molecule has 0 amide bonds. The third kappa shape index (κ3) is 5.08. The molecule has 0 radical (unpaired) electrons. The number of benzene rings is 1. The van der Waals surface area contributed by atoms with E-state index in [0.29, 0.717) is 30.4 Å². The molecule has 1 aliphatic rings. The number of aryl methyl sites for hydroxylation is 1. The molecule has 25 heavy (non-hydrogen) atoms. The van der Waals surface area contributed by atoms with E-state index in [1.807, 2.05) is 0 Å². The van der Waals surface area contributed by atoms with E-state index < -0.39 is 17.6 Å². The molecule has 1 unspecified atom stereocenters. The van der Waals surface area contributed by atoms with Gasteiger partial charge in [-0.2, -0.15) is 0 Å². The molecule has 0 spiro atoms. The van der Waals surface area contributed by atoms with Gasteiger partial charge in [-0.3, -0.25) is 4.79 Å². The Morgan fingerprint density at radius 1 is 1.24 bits per heavy atom. The van der Waals surface area contributed by atoms with Gasteiger partial charge < -0.3 is 4.74 Å².